The van der Waals surface area contributed by atoms with Crippen LogP contribution < -0.4 is 0 Å². The summed E-state index contributed by atoms with van der Waals surface area (Å²) in [5, 5.41) is 10.1. The Labute approximate surface area is 363 Å². The number of unbranched alkanes of at least 4 members (excludes halogenated alkanes) is 24. The highest BCUT2D eigenvalue weighted by Crippen LogP contribution is 2.20. The van der Waals surface area contributed by atoms with Crippen molar-refractivity contribution < 1.29 is 43.2 Å². The molecule has 0 rings (SSSR count). The van der Waals surface area contributed by atoms with E-state index < -0.39 is 24.5 Å². The van der Waals surface area contributed by atoms with Gasteiger partial charge in [-0.3, -0.25) is 14.4 Å². The number of carbonyl (C=O) groups is 4. The number of hydrogen-bond donors (Lipinski definition) is 1. The Hall–Kier alpha value is -2.16. The minimum atomic E-state index is -1.54. The molecule has 0 fully saturated rings. The Morgan fingerprint density at radius 2 is 0.678 bits per heavy atom. The molecular formula is C50H94O9. The molecule has 59 heavy (non-hydrogen) atoms. The van der Waals surface area contributed by atoms with Crippen molar-refractivity contribution in [3.8, 4) is 0 Å². The molecule has 0 heterocycles. The molecule has 348 valence electrons. The Balaban J connectivity index is 4.00. The lowest BCUT2D eigenvalue weighted by Crippen LogP contribution is -2.27. The van der Waals surface area contributed by atoms with Crippen LogP contribution in [0.25, 0.3) is 0 Å². The second-order valence-electron chi connectivity index (χ2n) is 17.2. The molecule has 0 bridgehead atoms. The van der Waals surface area contributed by atoms with Crippen molar-refractivity contribution in [2.24, 2.45) is 0 Å². The maximum Gasteiger partial charge on any atom is 0.335 e. The Morgan fingerprint density at radius 1 is 0.373 bits per heavy atom. The maximum atomic E-state index is 12.6. The normalized spacial score (nSPS) is 12.8. The van der Waals surface area contributed by atoms with Crippen molar-refractivity contribution in [2.45, 2.75) is 284 Å². The van der Waals surface area contributed by atoms with E-state index in [-0.39, 0.29) is 37.4 Å². The molecule has 0 saturated carbocycles. The van der Waals surface area contributed by atoms with Gasteiger partial charge in [0.05, 0.1) is 19.6 Å². The third kappa shape index (κ3) is 39.7. The number of esters is 4. The highest BCUT2D eigenvalue weighted by molar-refractivity contribution is 5.81. The first-order valence-corrected chi connectivity index (χ1v) is 25.2. The van der Waals surface area contributed by atoms with Gasteiger partial charge in [-0.2, -0.15) is 0 Å². The molecule has 0 aliphatic heterocycles. The zero-order chi connectivity index (χ0) is 43.4. The zero-order valence-corrected chi connectivity index (χ0v) is 39.0. The Kier molecular flexibility index (Phi) is 42.3. The third-order valence-electron chi connectivity index (χ3n) is 11.3. The molecular weight excluding hydrogens is 745 g/mol. The lowest BCUT2D eigenvalue weighted by Gasteiger charge is -2.18. The van der Waals surface area contributed by atoms with E-state index in [4.69, 9.17) is 18.9 Å². The van der Waals surface area contributed by atoms with E-state index in [1.807, 2.05) is 0 Å². The van der Waals surface area contributed by atoms with Crippen LogP contribution in [0.15, 0.2) is 0 Å². The topological polar surface area (TPSA) is 125 Å². The summed E-state index contributed by atoms with van der Waals surface area (Å²) in [6, 6.07) is 0. The van der Waals surface area contributed by atoms with Gasteiger partial charge in [0.15, 0.2) is 6.10 Å². The largest absolute Gasteiger partial charge is 0.466 e. The number of carbonyl (C=O) groups excluding carboxylic acids is 4. The van der Waals surface area contributed by atoms with Gasteiger partial charge in [0.2, 0.25) is 0 Å². The summed E-state index contributed by atoms with van der Waals surface area (Å²) in [7, 11) is 0. The van der Waals surface area contributed by atoms with E-state index in [9.17, 15) is 24.3 Å². The molecule has 9 heteroatoms. The second-order valence-corrected chi connectivity index (χ2v) is 17.2. The van der Waals surface area contributed by atoms with Crippen LogP contribution in [0.2, 0.25) is 0 Å². The second kappa shape index (κ2) is 43.9. The van der Waals surface area contributed by atoms with Crippen LogP contribution in [0, 0.1) is 0 Å². The quantitative estimate of drug-likeness (QED) is 0.0362. The fraction of sp³-hybridized carbons (Fsp3) is 0.920. The van der Waals surface area contributed by atoms with Gasteiger partial charge in [-0.05, 0) is 77.0 Å². The molecule has 0 amide bonds. The molecule has 0 aromatic heterocycles. The van der Waals surface area contributed by atoms with Gasteiger partial charge in [0.25, 0.3) is 0 Å². The average Bonchev–Trinajstić information content (AvgIpc) is 3.22. The fourth-order valence-electron chi connectivity index (χ4n) is 7.47. The zero-order valence-electron chi connectivity index (χ0n) is 39.0. The summed E-state index contributed by atoms with van der Waals surface area (Å²) in [6.07, 6.45) is 35.7. The smallest absolute Gasteiger partial charge is 0.335 e. The van der Waals surface area contributed by atoms with Crippen molar-refractivity contribution in [2.75, 3.05) is 13.2 Å². The number of rotatable bonds is 45. The van der Waals surface area contributed by atoms with Gasteiger partial charge in [-0.15, -0.1) is 0 Å². The van der Waals surface area contributed by atoms with Crippen LogP contribution in [-0.2, 0) is 38.1 Å². The summed E-state index contributed by atoms with van der Waals surface area (Å²) in [5.74, 6) is -1.59. The first-order chi connectivity index (χ1) is 28.8. The van der Waals surface area contributed by atoms with Crippen LogP contribution in [-0.4, -0.2) is 60.5 Å². The van der Waals surface area contributed by atoms with E-state index in [0.29, 0.717) is 25.7 Å². The monoisotopic (exact) mass is 839 g/mol. The van der Waals surface area contributed by atoms with Gasteiger partial charge >= 0.3 is 23.9 Å². The van der Waals surface area contributed by atoms with Crippen molar-refractivity contribution >= 4 is 23.9 Å². The molecule has 0 aromatic rings. The van der Waals surface area contributed by atoms with E-state index in [2.05, 4.69) is 27.7 Å². The number of aliphatic hydroxyl groups is 1. The lowest BCUT2D eigenvalue weighted by atomic mass is 10.0. The van der Waals surface area contributed by atoms with Crippen LogP contribution in [0.3, 0.4) is 0 Å². The molecule has 3 atom stereocenters. The standard InChI is InChI=1S/C50H94O9/c1-5-9-13-17-21-29-37-44(35-27-15-11-7-3)58-47(52)39-31-23-19-25-33-41-56-49(54)43-46(51)50(55)57-42-34-26-20-24-32-40-48(53)59-45(36-28-16-12-8-4)38-30-22-18-14-10-6-2/h44-46,51H,5-43H2,1-4H3. The first kappa shape index (κ1) is 56.8. The minimum absolute atomic E-state index is 0.0472. The van der Waals surface area contributed by atoms with Crippen LogP contribution in [0.5, 0.6) is 0 Å². The third-order valence-corrected chi connectivity index (χ3v) is 11.3. The number of hydrogen-bond acceptors (Lipinski definition) is 9. The Bertz CT molecular complexity index is 970. The van der Waals surface area contributed by atoms with E-state index in [1.54, 1.807) is 0 Å². The SMILES string of the molecule is CCCCCCCCC(CCCCCC)OC(=O)CCCCCCCOC(=O)CC(O)C(=O)OCCCCCCCC(=O)OC(CCCCCC)CCCCCCCC. The van der Waals surface area contributed by atoms with Crippen LogP contribution in [0.4, 0.5) is 0 Å². The summed E-state index contributed by atoms with van der Waals surface area (Å²) in [5.41, 5.74) is 0. The predicted octanol–water partition coefficient (Wildman–Crippen LogP) is 13.8. The van der Waals surface area contributed by atoms with Crippen LogP contribution >= 0.6 is 0 Å². The van der Waals surface area contributed by atoms with Gasteiger partial charge in [0.1, 0.15) is 12.2 Å². The molecule has 0 radical (unpaired) electrons. The molecule has 0 aliphatic carbocycles. The maximum absolute atomic E-state index is 12.6. The average molecular weight is 839 g/mol. The molecule has 0 spiro atoms. The summed E-state index contributed by atoms with van der Waals surface area (Å²) >= 11 is 0. The van der Waals surface area contributed by atoms with E-state index >= 15 is 0 Å². The molecule has 9 nitrogen and oxygen atoms in total. The highest BCUT2D eigenvalue weighted by atomic mass is 16.6. The van der Waals surface area contributed by atoms with Crippen molar-refractivity contribution in [3.63, 3.8) is 0 Å². The van der Waals surface area contributed by atoms with E-state index in [1.165, 1.54) is 103 Å². The Morgan fingerprint density at radius 3 is 1.07 bits per heavy atom. The highest BCUT2D eigenvalue weighted by Gasteiger charge is 2.21. The molecule has 0 aromatic carbocycles. The summed E-state index contributed by atoms with van der Waals surface area (Å²) < 4.78 is 22.2. The molecule has 0 aliphatic rings. The first-order valence-electron chi connectivity index (χ1n) is 25.2. The van der Waals surface area contributed by atoms with E-state index in [0.717, 1.165) is 103 Å². The number of ether oxygens (including phenoxy) is 4. The predicted molar refractivity (Wildman–Crippen MR) is 241 cm³/mol. The number of aliphatic hydroxyl groups excluding tert-OH is 1. The van der Waals surface area contributed by atoms with Gasteiger partial charge in [-0.25, -0.2) is 4.79 Å². The summed E-state index contributed by atoms with van der Waals surface area (Å²) in [6.45, 7) is 9.30. The molecule has 0 saturated heterocycles. The van der Waals surface area contributed by atoms with Gasteiger partial charge < -0.3 is 24.1 Å². The lowest BCUT2D eigenvalue weighted by molar-refractivity contribution is -0.160. The minimum Gasteiger partial charge on any atom is -0.466 e. The molecule has 1 N–H and O–H groups in total. The van der Waals surface area contributed by atoms with Crippen molar-refractivity contribution in [3.05, 3.63) is 0 Å². The van der Waals surface area contributed by atoms with Crippen LogP contribution in [0.1, 0.15) is 265 Å². The summed E-state index contributed by atoms with van der Waals surface area (Å²) in [4.78, 5) is 49.4. The van der Waals surface area contributed by atoms with Gasteiger partial charge in [-0.1, -0.05) is 169 Å². The van der Waals surface area contributed by atoms with Gasteiger partial charge in [0, 0.05) is 12.8 Å². The van der Waals surface area contributed by atoms with Crippen molar-refractivity contribution in [1.82, 2.24) is 0 Å². The van der Waals surface area contributed by atoms with Crippen molar-refractivity contribution in [1.29, 1.82) is 0 Å². The fourth-order valence-corrected chi connectivity index (χ4v) is 7.47. The molecule has 3 unspecified atom stereocenters.